The Hall–Kier alpha value is -2.92. The van der Waals surface area contributed by atoms with Gasteiger partial charge in [-0.1, -0.05) is 6.07 Å². The molecule has 4 rings (SSSR count). The number of likely N-dealkylation sites (tertiary alicyclic amines) is 1. The van der Waals surface area contributed by atoms with Crippen molar-refractivity contribution in [2.75, 3.05) is 26.4 Å². The topological polar surface area (TPSA) is 117 Å². The number of nitrogens with one attached hydrogen (secondary N) is 1. The second-order valence-electron chi connectivity index (χ2n) is 9.37. The molecule has 0 aromatic heterocycles. The van der Waals surface area contributed by atoms with Gasteiger partial charge < -0.3 is 20.9 Å². The molecule has 3 fully saturated rings. The highest BCUT2D eigenvalue weighted by Gasteiger charge is 2.51. The van der Waals surface area contributed by atoms with Crippen LogP contribution >= 0.6 is 0 Å². The molecule has 11 heteroatoms. The van der Waals surface area contributed by atoms with E-state index in [9.17, 15) is 27.9 Å². The first-order valence-corrected chi connectivity index (χ1v) is 12.2. The minimum absolute atomic E-state index is 0.0276. The minimum Gasteiger partial charge on any atom is -0.400 e. The van der Waals surface area contributed by atoms with E-state index in [1.165, 1.54) is 11.0 Å². The summed E-state index contributed by atoms with van der Waals surface area (Å²) in [6.07, 6.45) is -1.64. The third-order valence-electron chi connectivity index (χ3n) is 6.92. The predicted molar refractivity (Wildman–Crippen MR) is 126 cm³/mol. The largest absolute Gasteiger partial charge is 0.416 e. The summed E-state index contributed by atoms with van der Waals surface area (Å²) in [6, 6.07) is 2.96. The van der Waals surface area contributed by atoms with Gasteiger partial charge in [-0.15, -0.1) is 0 Å². The number of ether oxygens (including phenoxy) is 1. The lowest BCUT2D eigenvalue weighted by Gasteiger charge is -2.42. The zero-order valence-electron chi connectivity index (χ0n) is 20.1. The zero-order chi connectivity index (χ0) is 26.0. The summed E-state index contributed by atoms with van der Waals surface area (Å²) in [5.41, 5.74) is 5.83. The van der Waals surface area contributed by atoms with E-state index >= 15 is 0 Å². The molecule has 2 atom stereocenters. The molecule has 1 aromatic carbocycles. The molecule has 196 valence electrons. The highest BCUT2D eigenvalue weighted by molar-refractivity contribution is 6.14. The van der Waals surface area contributed by atoms with Gasteiger partial charge in [0, 0.05) is 42.5 Å². The van der Waals surface area contributed by atoms with Crippen molar-refractivity contribution in [2.45, 2.75) is 50.9 Å². The smallest absolute Gasteiger partial charge is 0.400 e. The van der Waals surface area contributed by atoms with Gasteiger partial charge in [-0.25, -0.2) is 0 Å². The molecular weight excluding hydrogens is 477 g/mol. The van der Waals surface area contributed by atoms with E-state index < -0.39 is 42.1 Å². The number of aliphatic hydroxyl groups excluding tert-OH is 1. The van der Waals surface area contributed by atoms with Crippen LogP contribution in [0.15, 0.2) is 40.5 Å². The maximum Gasteiger partial charge on any atom is 0.416 e. The molecule has 2 heterocycles. The number of rotatable bonds is 6. The molecule has 3 aliphatic rings. The monoisotopic (exact) mass is 508 g/mol. The lowest BCUT2D eigenvalue weighted by molar-refractivity contribution is -0.137. The normalized spacial score (nSPS) is 26.3. The molecule has 8 nitrogen and oxygen atoms in total. The van der Waals surface area contributed by atoms with Crippen LogP contribution < -0.4 is 11.1 Å². The van der Waals surface area contributed by atoms with E-state index in [4.69, 9.17) is 15.5 Å². The first-order valence-electron chi connectivity index (χ1n) is 12.2. The zero-order valence-corrected chi connectivity index (χ0v) is 20.1. The van der Waals surface area contributed by atoms with Crippen LogP contribution in [0.3, 0.4) is 0 Å². The molecule has 2 saturated heterocycles. The number of aliphatic imine (C=N–C) groups is 1. The van der Waals surface area contributed by atoms with Gasteiger partial charge in [-0.2, -0.15) is 13.2 Å². The lowest BCUT2D eigenvalue weighted by atomic mass is 9.80. The number of nitrogens with two attached hydrogens (primary N) is 1. The fourth-order valence-electron chi connectivity index (χ4n) is 4.94. The molecule has 1 aromatic rings. The Morgan fingerprint density at radius 3 is 2.53 bits per heavy atom. The number of carbonyl (C=O) groups excluding carboxylic acids is 2. The Morgan fingerprint density at radius 1 is 1.25 bits per heavy atom. The lowest BCUT2D eigenvalue weighted by Crippen LogP contribution is -2.61. The first kappa shape index (κ1) is 26.2. The van der Waals surface area contributed by atoms with Gasteiger partial charge in [-0.3, -0.25) is 19.5 Å². The third kappa shape index (κ3) is 5.41. The fourth-order valence-corrected chi connectivity index (χ4v) is 4.94. The Labute approximate surface area is 207 Å². The van der Waals surface area contributed by atoms with Crippen molar-refractivity contribution in [3.8, 4) is 0 Å². The number of nitrogens with zero attached hydrogens (tertiary/aromatic N) is 2. The van der Waals surface area contributed by atoms with Crippen molar-refractivity contribution in [1.82, 2.24) is 10.2 Å². The molecule has 4 N–H and O–H groups in total. The summed E-state index contributed by atoms with van der Waals surface area (Å²) in [6.45, 7) is 2.67. The number of carbonyl (C=O) groups is 2. The van der Waals surface area contributed by atoms with Crippen molar-refractivity contribution in [2.24, 2.45) is 22.6 Å². The summed E-state index contributed by atoms with van der Waals surface area (Å²) < 4.78 is 45.0. The van der Waals surface area contributed by atoms with Gasteiger partial charge in [0.1, 0.15) is 11.9 Å². The van der Waals surface area contributed by atoms with Crippen LogP contribution in [-0.2, 0) is 15.7 Å². The molecule has 0 radical (unpaired) electrons. The van der Waals surface area contributed by atoms with E-state index in [1.54, 1.807) is 6.92 Å². The molecule has 1 aliphatic carbocycles. The summed E-state index contributed by atoms with van der Waals surface area (Å²) >= 11 is 0. The Bertz CT molecular complexity index is 1060. The number of benzene rings is 1. The standard InChI is InChI=1S/C25H31F3N4O4/c1-2-32-22(30-17-8-10-36-11-9-17)20(18(29)13-33)19(14-6-7-14)21(24(32)35)31-23(34)15-4-3-5-16(12-15)25(26,27)28/h3-5,12,14,17,19,21,33H,2,6-11,13,29H2,1H3,(H,31,34)/b20-18-,30-22?. The molecule has 1 saturated carbocycles. The maximum absolute atomic E-state index is 13.7. The molecule has 2 aliphatic heterocycles. The Kier molecular flexibility index (Phi) is 7.70. The number of alkyl halides is 3. The second-order valence-corrected chi connectivity index (χ2v) is 9.37. The molecule has 36 heavy (non-hydrogen) atoms. The number of aliphatic hydroxyl groups is 1. The van der Waals surface area contributed by atoms with Gasteiger partial charge in [0.05, 0.1) is 18.2 Å². The highest BCUT2D eigenvalue weighted by atomic mass is 19.4. The number of halogens is 3. The number of likely N-dealkylation sites (N-methyl/N-ethyl adjacent to an activating group) is 1. The van der Waals surface area contributed by atoms with Crippen LogP contribution in [0, 0.1) is 11.8 Å². The van der Waals surface area contributed by atoms with E-state index in [0.29, 0.717) is 37.5 Å². The molecule has 2 amide bonds. The fraction of sp³-hybridized carbons (Fsp3) is 0.560. The third-order valence-corrected chi connectivity index (χ3v) is 6.92. The van der Waals surface area contributed by atoms with Crippen LogP contribution in [0.5, 0.6) is 0 Å². The summed E-state index contributed by atoms with van der Waals surface area (Å²) in [5.74, 6) is -1.29. The van der Waals surface area contributed by atoms with Crippen LogP contribution in [0.1, 0.15) is 48.5 Å². The van der Waals surface area contributed by atoms with E-state index in [2.05, 4.69) is 5.32 Å². The average Bonchev–Trinajstić information content (AvgIpc) is 3.70. The molecular formula is C25H31F3N4O4. The molecule has 0 spiro atoms. The second kappa shape index (κ2) is 10.6. The summed E-state index contributed by atoms with van der Waals surface area (Å²) in [7, 11) is 0. The quantitative estimate of drug-likeness (QED) is 0.546. The van der Waals surface area contributed by atoms with Gasteiger partial charge >= 0.3 is 6.18 Å². The van der Waals surface area contributed by atoms with Crippen molar-refractivity contribution < 1.29 is 32.6 Å². The average molecular weight is 509 g/mol. The van der Waals surface area contributed by atoms with Gasteiger partial charge in [0.25, 0.3) is 11.8 Å². The van der Waals surface area contributed by atoms with Gasteiger partial charge in [-0.05, 0) is 56.7 Å². The van der Waals surface area contributed by atoms with Crippen LogP contribution in [-0.4, -0.2) is 66.1 Å². The molecule has 0 bridgehead atoms. The Morgan fingerprint density at radius 2 is 1.94 bits per heavy atom. The predicted octanol–water partition coefficient (Wildman–Crippen LogP) is 2.47. The van der Waals surface area contributed by atoms with Gasteiger partial charge in [0.15, 0.2) is 0 Å². The number of hydrogen-bond donors (Lipinski definition) is 3. The van der Waals surface area contributed by atoms with Crippen LogP contribution in [0.25, 0.3) is 0 Å². The summed E-state index contributed by atoms with van der Waals surface area (Å²) in [4.78, 5) is 33.1. The SMILES string of the molecule is CCN1C(=O)C(NC(=O)c2cccc(C(F)(F)F)c2)C(C2CC2)/C(=C(/N)CO)C1=NC1CCOCC1. The van der Waals surface area contributed by atoms with Gasteiger partial charge in [0.2, 0.25) is 0 Å². The highest BCUT2D eigenvalue weighted by Crippen LogP contribution is 2.46. The van der Waals surface area contributed by atoms with Crippen molar-refractivity contribution in [3.05, 3.63) is 46.7 Å². The van der Waals surface area contributed by atoms with E-state index in [0.717, 1.165) is 31.0 Å². The number of amides is 2. The van der Waals surface area contributed by atoms with Crippen molar-refractivity contribution in [1.29, 1.82) is 0 Å². The number of amidine groups is 1. The Balaban J connectivity index is 1.72. The summed E-state index contributed by atoms with van der Waals surface area (Å²) in [5, 5.41) is 12.6. The minimum atomic E-state index is -4.60. The number of piperidine rings is 1. The van der Waals surface area contributed by atoms with Crippen LogP contribution in [0.2, 0.25) is 0 Å². The maximum atomic E-state index is 13.7. The van der Waals surface area contributed by atoms with E-state index in [-0.39, 0.29) is 29.8 Å². The number of hydrogen-bond acceptors (Lipinski definition) is 6. The van der Waals surface area contributed by atoms with Crippen molar-refractivity contribution >= 4 is 17.6 Å². The first-order chi connectivity index (χ1) is 17.2. The van der Waals surface area contributed by atoms with Crippen molar-refractivity contribution in [3.63, 3.8) is 0 Å². The molecule has 2 unspecified atom stereocenters. The van der Waals surface area contributed by atoms with E-state index in [1.807, 2.05) is 0 Å². The van der Waals surface area contributed by atoms with Crippen LogP contribution in [0.4, 0.5) is 13.2 Å².